The summed E-state index contributed by atoms with van der Waals surface area (Å²) in [5.74, 6) is 0.620. The molecular weight excluding hydrogens is 789 g/mol. The average molecular weight is 825 g/mol. The van der Waals surface area contributed by atoms with Crippen molar-refractivity contribution in [1.29, 1.82) is 5.26 Å². The summed E-state index contributed by atoms with van der Waals surface area (Å²) in [5, 5.41) is 22.3. The molecule has 4 nitrogen and oxygen atoms in total. The van der Waals surface area contributed by atoms with E-state index in [-0.39, 0.29) is 0 Å². The molecule has 0 bridgehead atoms. The first-order valence-electron chi connectivity index (χ1n) is 21.9. The fraction of sp³-hybridized carbons (Fsp3) is 0. The molecule has 300 valence electrons. The van der Waals surface area contributed by atoms with Crippen LogP contribution in [-0.2, 0) is 0 Å². The van der Waals surface area contributed by atoms with Crippen LogP contribution in [0.5, 0.6) is 0 Å². The standard InChI is InChI=1S/C61H36N4/c62-37-38-13-15-40(16-14-38)41-17-19-42(20-18-41)50-27-29-53-57(35-50)63-61(64-60(53)51-26-21-39-7-1-2-9-45(39)31-51)65-58-30-28-49(34-55(58)56-33-46-10-3-4-11-47(46)36-59(56)65)48-25-24-44-23-22-43-8-5-6-12-52(43)54(44)32-48/h1-36H. The van der Waals surface area contributed by atoms with Crippen LogP contribution >= 0.6 is 0 Å². The maximum Gasteiger partial charge on any atom is 0.235 e. The Hall–Kier alpha value is -8.91. The van der Waals surface area contributed by atoms with E-state index in [9.17, 15) is 5.26 Å². The zero-order valence-electron chi connectivity index (χ0n) is 35.1. The van der Waals surface area contributed by atoms with Crippen molar-refractivity contribution in [1.82, 2.24) is 14.5 Å². The highest BCUT2D eigenvalue weighted by Crippen LogP contribution is 2.40. The van der Waals surface area contributed by atoms with Crippen molar-refractivity contribution < 1.29 is 0 Å². The van der Waals surface area contributed by atoms with E-state index in [4.69, 9.17) is 9.97 Å². The average Bonchev–Trinajstić information content (AvgIpc) is 3.69. The van der Waals surface area contributed by atoms with Crippen LogP contribution in [0.25, 0.3) is 126 Å². The number of rotatable bonds is 5. The first-order chi connectivity index (χ1) is 32.1. The number of fused-ring (bicyclic) bond motifs is 9. The molecule has 0 saturated heterocycles. The molecular formula is C61H36N4. The summed E-state index contributed by atoms with van der Waals surface area (Å²) in [7, 11) is 0. The van der Waals surface area contributed by atoms with Crippen LogP contribution in [-0.4, -0.2) is 14.5 Å². The minimum atomic E-state index is 0.620. The lowest BCUT2D eigenvalue weighted by Gasteiger charge is -2.14. The third kappa shape index (κ3) is 6.13. The molecule has 0 spiro atoms. The summed E-state index contributed by atoms with van der Waals surface area (Å²) < 4.78 is 2.26. The Kier molecular flexibility index (Phi) is 8.24. The number of nitriles is 1. The third-order valence-electron chi connectivity index (χ3n) is 13.2. The van der Waals surface area contributed by atoms with Gasteiger partial charge < -0.3 is 0 Å². The Morgan fingerprint density at radius 2 is 0.831 bits per heavy atom. The highest BCUT2D eigenvalue weighted by molar-refractivity contribution is 6.15. The SMILES string of the molecule is N#Cc1ccc(-c2ccc(-c3ccc4c(-c5ccc6ccccc6c5)nc(-n5c6ccc(-c7ccc8ccc9ccccc9c8c7)cc6c6cc7ccccc7cc65)nc4c3)cc2)cc1. The molecule has 65 heavy (non-hydrogen) atoms. The normalized spacial score (nSPS) is 11.7. The summed E-state index contributed by atoms with van der Waals surface area (Å²) >= 11 is 0. The lowest BCUT2D eigenvalue weighted by molar-refractivity contribution is 1.01. The molecule has 0 aliphatic carbocycles. The van der Waals surface area contributed by atoms with Crippen LogP contribution < -0.4 is 0 Å². The molecule has 13 aromatic rings. The van der Waals surface area contributed by atoms with Crippen molar-refractivity contribution >= 4 is 75.8 Å². The molecule has 0 radical (unpaired) electrons. The number of aromatic nitrogens is 3. The lowest BCUT2D eigenvalue weighted by Crippen LogP contribution is -2.03. The molecule has 2 heterocycles. The van der Waals surface area contributed by atoms with Gasteiger partial charge in [0.1, 0.15) is 0 Å². The van der Waals surface area contributed by atoms with Crippen LogP contribution in [0.3, 0.4) is 0 Å². The minimum Gasteiger partial charge on any atom is -0.278 e. The molecule has 4 heteroatoms. The van der Waals surface area contributed by atoms with Gasteiger partial charge in [-0.1, -0.05) is 158 Å². The first-order valence-corrected chi connectivity index (χ1v) is 21.9. The van der Waals surface area contributed by atoms with Crippen molar-refractivity contribution in [2.45, 2.75) is 0 Å². The van der Waals surface area contributed by atoms with Gasteiger partial charge in [-0.2, -0.15) is 5.26 Å². The second-order valence-electron chi connectivity index (χ2n) is 16.9. The number of hydrogen-bond donors (Lipinski definition) is 0. The molecule has 0 saturated carbocycles. The van der Waals surface area contributed by atoms with Gasteiger partial charge in [-0.3, -0.25) is 4.57 Å². The molecule has 13 rings (SSSR count). The van der Waals surface area contributed by atoms with Gasteiger partial charge in [0.15, 0.2) is 0 Å². The van der Waals surface area contributed by atoms with E-state index in [0.29, 0.717) is 11.5 Å². The Labute approximate surface area is 374 Å². The summed E-state index contributed by atoms with van der Waals surface area (Å²) in [6, 6.07) is 80.1. The van der Waals surface area contributed by atoms with Crippen molar-refractivity contribution in [3.05, 3.63) is 224 Å². The molecule has 0 atom stereocenters. The largest absolute Gasteiger partial charge is 0.278 e. The molecule has 0 N–H and O–H groups in total. The Bertz CT molecular complexity index is 4120. The van der Waals surface area contributed by atoms with E-state index in [1.807, 2.05) is 24.3 Å². The van der Waals surface area contributed by atoms with Crippen LogP contribution in [0.1, 0.15) is 5.56 Å². The molecule has 0 aliphatic heterocycles. The van der Waals surface area contributed by atoms with Crippen molar-refractivity contribution in [2.75, 3.05) is 0 Å². The first kappa shape index (κ1) is 36.7. The quantitative estimate of drug-likeness (QED) is 0.162. The Morgan fingerprint density at radius 1 is 0.323 bits per heavy atom. The van der Waals surface area contributed by atoms with Crippen molar-refractivity contribution in [2.24, 2.45) is 0 Å². The van der Waals surface area contributed by atoms with Gasteiger partial charge in [0, 0.05) is 21.7 Å². The van der Waals surface area contributed by atoms with E-state index in [2.05, 4.69) is 205 Å². The molecule has 0 amide bonds. The molecule has 0 unspecified atom stereocenters. The van der Waals surface area contributed by atoms with E-state index in [1.54, 1.807) is 0 Å². The topological polar surface area (TPSA) is 54.5 Å². The van der Waals surface area contributed by atoms with Gasteiger partial charge in [-0.15, -0.1) is 0 Å². The van der Waals surface area contributed by atoms with Crippen LogP contribution in [0.15, 0.2) is 218 Å². The Balaban J connectivity index is 1.02. The molecule has 11 aromatic carbocycles. The van der Waals surface area contributed by atoms with Crippen molar-refractivity contribution in [3.8, 4) is 56.7 Å². The summed E-state index contributed by atoms with van der Waals surface area (Å²) in [4.78, 5) is 11.0. The predicted molar refractivity (Wildman–Crippen MR) is 270 cm³/mol. The van der Waals surface area contributed by atoms with E-state index in [0.717, 1.165) is 82.6 Å². The smallest absolute Gasteiger partial charge is 0.235 e. The van der Waals surface area contributed by atoms with Gasteiger partial charge in [0.25, 0.3) is 0 Å². The number of benzene rings is 11. The monoisotopic (exact) mass is 824 g/mol. The fourth-order valence-electron chi connectivity index (χ4n) is 9.83. The summed E-state index contributed by atoms with van der Waals surface area (Å²) in [6.07, 6.45) is 0. The third-order valence-corrected chi connectivity index (χ3v) is 13.2. The zero-order valence-corrected chi connectivity index (χ0v) is 35.1. The predicted octanol–water partition coefficient (Wildman–Crippen LogP) is 15.9. The van der Waals surface area contributed by atoms with Gasteiger partial charge >= 0.3 is 0 Å². The van der Waals surface area contributed by atoms with Gasteiger partial charge in [0.05, 0.1) is 33.9 Å². The summed E-state index contributed by atoms with van der Waals surface area (Å²) in [6.45, 7) is 0. The van der Waals surface area contributed by atoms with Crippen LogP contribution in [0.4, 0.5) is 0 Å². The van der Waals surface area contributed by atoms with Gasteiger partial charge in [0.2, 0.25) is 5.95 Å². The maximum atomic E-state index is 9.30. The molecule has 0 fully saturated rings. The van der Waals surface area contributed by atoms with Gasteiger partial charge in [-0.05, 0) is 137 Å². The van der Waals surface area contributed by atoms with E-state index >= 15 is 0 Å². The highest BCUT2D eigenvalue weighted by Gasteiger charge is 2.20. The minimum absolute atomic E-state index is 0.620. The van der Waals surface area contributed by atoms with Crippen molar-refractivity contribution in [3.63, 3.8) is 0 Å². The second kappa shape index (κ2) is 14.6. The number of nitrogens with zero attached hydrogens (tertiary/aromatic N) is 4. The van der Waals surface area contributed by atoms with Crippen LogP contribution in [0.2, 0.25) is 0 Å². The van der Waals surface area contributed by atoms with Crippen LogP contribution in [0, 0.1) is 11.3 Å². The van der Waals surface area contributed by atoms with Gasteiger partial charge in [-0.25, -0.2) is 9.97 Å². The Morgan fingerprint density at radius 3 is 1.58 bits per heavy atom. The highest BCUT2D eigenvalue weighted by atomic mass is 15.2. The molecule has 2 aromatic heterocycles. The zero-order chi connectivity index (χ0) is 43.0. The second-order valence-corrected chi connectivity index (χ2v) is 16.9. The van der Waals surface area contributed by atoms with E-state index in [1.165, 1.54) is 37.9 Å². The number of hydrogen-bond acceptors (Lipinski definition) is 3. The fourth-order valence-corrected chi connectivity index (χ4v) is 9.83. The molecule has 0 aliphatic rings. The summed E-state index contributed by atoms with van der Waals surface area (Å²) in [5.41, 5.74) is 12.2. The maximum absolute atomic E-state index is 9.30. The lowest BCUT2D eigenvalue weighted by atomic mass is 9.96. The van der Waals surface area contributed by atoms with E-state index < -0.39 is 0 Å².